The summed E-state index contributed by atoms with van der Waals surface area (Å²) in [5, 5.41) is 6.81. The van der Waals surface area contributed by atoms with E-state index >= 15 is 0 Å². The number of rotatable bonds is 9. The lowest BCUT2D eigenvalue weighted by atomic mass is 9.67. The maximum Gasteiger partial charge on any atom is 0.191 e. The summed E-state index contributed by atoms with van der Waals surface area (Å²) in [6.45, 7) is 5.64. The van der Waals surface area contributed by atoms with E-state index in [-0.39, 0.29) is 24.0 Å². The van der Waals surface area contributed by atoms with Gasteiger partial charge in [0, 0.05) is 38.2 Å². The number of nitrogens with one attached hydrogen (secondary N) is 2. The number of hydrogen-bond donors (Lipinski definition) is 2. The Morgan fingerprint density at radius 3 is 2.71 bits per heavy atom. The van der Waals surface area contributed by atoms with Gasteiger partial charge >= 0.3 is 0 Å². The predicted molar refractivity (Wildman–Crippen MR) is 118 cm³/mol. The summed E-state index contributed by atoms with van der Waals surface area (Å²) < 4.78 is 6.45. The first-order valence-electron chi connectivity index (χ1n) is 8.43. The molecule has 0 unspecified atom stereocenters. The fourth-order valence-electron chi connectivity index (χ4n) is 2.86. The number of halogens is 2. The van der Waals surface area contributed by atoms with Gasteiger partial charge in [0.15, 0.2) is 5.96 Å². The van der Waals surface area contributed by atoms with Crippen molar-refractivity contribution < 1.29 is 4.74 Å². The summed E-state index contributed by atoms with van der Waals surface area (Å²) in [6.07, 6.45) is 6.03. The molecule has 0 spiro atoms. The number of ether oxygens (including phenoxy) is 1. The van der Waals surface area contributed by atoms with Crippen molar-refractivity contribution in [3.8, 4) is 0 Å². The maximum absolute atomic E-state index is 5.26. The SMILES string of the molecule is CCNC(=NCC1(CCOC)CCC1)NCCc1ccc(Br)s1.I. The lowest BCUT2D eigenvalue weighted by Gasteiger charge is -2.40. The average molecular weight is 530 g/mol. The van der Waals surface area contributed by atoms with Crippen LogP contribution in [0.3, 0.4) is 0 Å². The van der Waals surface area contributed by atoms with Gasteiger partial charge in [0.25, 0.3) is 0 Å². The molecule has 1 aliphatic rings. The Kier molecular flexibility index (Phi) is 10.8. The Balaban J connectivity index is 0.00000288. The highest BCUT2D eigenvalue weighted by Gasteiger charge is 2.36. The van der Waals surface area contributed by atoms with Crippen molar-refractivity contribution in [2.24, 2.45) is 10.4 Å². The molecule has 1 saturated carbocycles. The largest absolute Gasteiger partial charge is 0.385 e. The van der Waals surface area contributed by atoms with Crippen LogP contribution < -0.4 is 10.6 Å². The molecule has 1 aromatic rings. The van der Waals surface area contributed by atoms with Gasteiger partial charge in [-0.25, -0.2) is 0 Å². The van der Waals surface area contributed by atoms with Gasteiger partial charge in [-0.2, -0.15) is 0 Å². The van der Waals surface area contributed by atoms with Gasteiger partial charge in [0.1, 0.15) is 0 Å². The Labute approximate surface area is 175 Å². The smallest absolute Gasteiger partial charge is 0.191 e. The van der Waals surface area contributed by atoms with Gasteiger partial charge < -0.3 is 15.4 Å². The zero-order chi connectivity index (χ0) is 16.5. The van der Waals surface area contributed by atoms with Crippen LogP contribution in [0, 0.1) is 5.41 Å². The van der Waals surface area contributed by atoms with E-state index in [0.717, 1.165) is 45.0 Å². The zero-order valence-corrected chi connectivity index (χ0v) is 19.3. The highest BCUT2D eigenvalue weighted by molar-refractivity contribution is 14.0. The van der Waals surface area contributed by atoms with Gasteiger partial charge in [0.05, 0.1) is 3.79 Å². The van der Waals surface area contributed by atoms with Crippen molar-refractivity contribution in [3.05, 3.63) is 20.8 Å². The van der Waals surface area contributed by atoms with Crippen LogP contribution in [0.25, 0.3) is 0 Å². The Morgan fingerprint density at radius 2 is 2.17 bits per heavy atom. The fraction of sp³-hybridized carbons (Fsp3) is 0.706. The molecule has 7 heteroatoms. The standard InChI is InChI=1S/C17H28BrN3OS.HI/c1-3-19-16(20-11-7-14-5-6-15(18)23-14)21-13-17(8-4-9-17)10-12-22-2;/h5-6H,3-4,7-13H2,1-2H3,(H2,19,20,21);1H. The minimum Gasteiger partial charge on any atom is -0.385 e. The average Bonchev–Trinajstić information content (AvgIpc) is 2.91. The number of nitrogens with zero attached hydrogens (tertiary/aromatic N) is 1. The fourth-order valence-corrected chi connectivity index (χ4v) is 4.34. The topological polar surface area (TPSA) is 45.7 Å². The molecule has 2 rings (SSSR count). The second-order valence-corrected chi connectivity index (χ2v) is 8.72. The first-order valence-corrected chi connectivity index (χ1v) is 10.0. The van der Waals surface area contributed by atoms with Crippen LogP contribution in [0.4, 0.5) is 0 Å². The lowest BCUT2D eigenvalue weighted by Crippen LogP contribution is -2.40. The monoisotopic (exact) mass is 529 g/mol. The quantitative estimate of drug-likeness (QED) is 0.282. The van der Waals surface area contributed by atoms with E-state index in [1.54, 1.807) is 18.4 Å². The highest BCUT2D eigenvalue weighted by Crippen LogP contribution is 2.44. The Morgan fingerprint density at radius 1 is 1.38 bits per heavy atom. The molecular formula is C17H29BrIN3OS. The molecule has 0 bridgehead atoms. The number of aliphatic imine (C=N–C) groups is 1. The third-order valence-corrected chi connectivity index (χ3v) is 6.14. The minimum absolute atomic E-state index is 0. The van der Waals surface area contributed by atoms with E-state index in [2.05, 4.69) is 45.6 Å². The third kappa shape index (κ3) is 7.17. The summed E-state index contributed by atoms with van der Waals surface area (Å²) >= 11 is 5.31. The van der Waals surface area contributed by atoms with Crippen LogP contribution in [0.1, 0.15) is 37.5 Å². The molecular weight excluding hydrogens is 501 g/mol. The van der Waals surface area contributed by atoms with Crippen molar-refractivity contribution >= 4 is 57.2 Å². The van der Waals surface area contributed by atoms with Crippen LogP contribution in [0.5, 0.6) is 0 Å². The summed E-state index contributed by atoms with van der Waals surface area (Å²) in [5.74, 6) is 0.937. The van der Waals surface area contributed by atoms with Crippen molar-refractivity contribution in [2.75, 3.05) is 33.4 Å². The summed E-state index contributed by atoms with van der Waals surface area (Å²) in [5.41, 5.74) is 0.372. The first-order chi connectivity index (χ1) is 11.2. The number of guanidine groups is 1. The molecule has 0 aromatic carbocycles. The van der Waals surface area contributed by atoms with Gasteiger partial charge in [-0.1, -0.05) is 6.42 Å². The van der Waals surface area contributed by atoms with Crippen LogP contribution in [-0.2, 0) is 11.2 Å². The highest BCUT2D eigenvalue weighted by atomic mass is 127. The van der Waals surface area contributed by atoms with E-state index in [1.807, 2.05) is 0 Å². The van der Waals surface area contributed by atoms with E-state index < -0.39 is 0 Å². The van der Waals surface area contributed by atoms with E-state index in [0.29, 0.717) is 5.41 Å². The van der Waals surface area contributed by atoms with Crippen molar-refractivity contribution in [1.29, 1.82) is 0 Å². The molecule has 1 aromatic heterocycles. The van der Waals surface area contributed by atoms with Crippen molar-refractivity contribution in [3.63, 3.8) is 0 Å². The van der Waals surface area contributed by atoms with E-state index in [4.69, 9.17) is 9.73 Å². The van der Waals surface area contributed by atoms with Crippen LogP contribution in [-0.4, -0.2) is 39.3 Å². The maximum atomic E-state index is 5.26. The van der Waals surface area contributed by atoms with Crippen molar-refractivity contribution in [2.45, 2.75) is 39.0 Å². The molecule has 4 nitrogen and oxygen atoms in total. The van der Waals surface area contributed by atoms with E-state index in [9.17, 15) is 0 Å². The summed E-state index contributed by atoms with van der Waals surface area (Å²) in [7, 11) is 1.78. The first kappa shape index (κ1) is 22.2. The molecule has 0 aliphatic heterocycles. The second kappa shape index (κ2) is 11.7. The molecule has 138 valence electrons. The molecule has 1 fully saturated rings. The molecule has 1 aliphatic carbocycles. The zero-order valence-electron chi connectivity index (χ0n) is 14.6. The summed E-state index contributed by atoms with van der Waals surface area (Å²) in [4.78, 5) is 6.21. The van der Waals surface area contributed by atoms with E-state index in [1.165, 1.54) is 27.9 Å². The number of methoxy groups -OCH3 is 1. The predicted octanol–water partition coefficient (Wildman–Crippen LogP) is 4.43. The molecule has 0 saturated heterocycles. The van der Waals surface area contributed by atoms with Crippen LogP contribution in [0.2, 0.25) is 0 Å². The number of thiophene rings is 1. The molecule has 1 heterocycles. The lowest BCUT2D eigenvalue weighted by molar-refractivity contribution is 0.0778. The molecule has 2 N–H and O–H groups in total. The van der Waals surface area contributed by atoms with Crippen LogP contribution >= 0.6 is 51.2 Å². The second-order valence-electron chi connectivity index (χ2n) is 6.17. The minimum atomic E-state index is 0. The molecule has 0 amide bonds. The molecule has 24 heavy (non-hydrogen) atoms. The van der Waals surface area contributed by atoms with Gasteiger partial charge in [-0.05, 0) is 66.1 Å². The Hall–Kier alpha value is 0.140. The number of hydrogen-bond acceptors (Lipinski definition) is 3. The molecule has 0 atom stereocenters. The molecule has 0 radical (unpaired) electrons. The third-order valence-electron chi connectivity index (χ3n) is 4.46. The van der Waals surface area contributed by atoms with Gasteiger partial charge in [0.2, 0.25) is 0 Å². The van der Waals surface area contributed by atoms with Gasteiger partial charge in [-0.3, -0.25) is 4.99 Å². The Bertz CT molecular complexity index is 506. The van der Waals surface area contributed by atoms with Crippen LogP contribution in [0.15, 0.2) is 20.9 Å². The van der Waals surface area contributed by atoms with Crippen molar-refractivity contribution in [1.82, 2.24) is 10.6 Å². The summed E-state index contributed by atoms with van der Waals surface area (Å²) in [6, 6.07) is 4.28. The van der Waals surface area contributed by atoms with Gasteiger partial charge in [-0.15, -0.1) is 35.3 Å². The normalized spacial score (nSPS) is 16.2.